The summed E-state index contributed by atoms with van der Waals surface area (Å²) in [5.74, 6) is -0.210. The van der Waals surface area contributed by atoms with Crippen LogP contribution in [0.4, 0.5) is 5.69 Å². The number of carbonyl (C=O) groups excluding carboxylic acids is 1. The molecule has 0 aliphatic heterocycles. The van der Waals surface area contributed by atoms with Gasteiger partial charge in [0.1, 0.15) is 0 Å². The molecule has 0 saturated carbocycles. The van der Waals surface area contributed by atoms with Gasteiger partial charge in [0.25, 0.3) is 5.91 Å². The molecule has 0 atom stereocenters. The number of nitrogens with one attached hydrogen (secondary N) is 1. The van der Waals surface area contributed by atoms with Crippen molar-refractivity contribution in [1.82, 2.24) is 4.98 Å². The lowest BCUT2D eigenvalue weighted by atomic mass is 9.99. The van der Waals surface area contributed by atoms with Gasteiger partial charge in [0.2, 0.25) is 0 Å². The van der Waals surface area contributed by atoms with Crippen molar-refractivity contribution in [2.75, 3.05) is 5.32 Å². The molecule has 0 fully saturated rings. The number of aromatic nitrogens is 1. The molecule has 0 bridgehead atoms. The van der Waals surface area contributed by atoms with E-state index in [1.54, 1.807) is 12.1 Å². The van der Waals surface area contributed by atoms with E-state index in [0.717, 1.165) is 27.7 Å². The molecule has 1 aromatic heterocycles. The van der Waals surface area contributed by atoms with Gasteiger partial charge >= 0.3 is 0 Å². The molecule has 3 aromatic carbocycles. The lowest BCUT2D eigenvalue weighted by Gasteiger charge is -2.13. The Morgan fingerprint density at radius 1 is 0.929 bits per heavy atom. The van der Waals surface area contributed by atoms with E-state index in [2.05, 4.69) is 37.4 Å². The van der Waals surface area contributed by atoms with Crippen molar-refractivity contribution >= 4 is 34.1 Å². The number of halogens is 1. The Bertz CT molecular complexity index is 1200. The number of fused-ring (bicyclic) bond motifs is 1. The van der Waals surface area contributed by atoms with Gasteiger partial charge in [0.15, 0.2) is 0 Å². The van der Waals surface area contributed by atoms with Crippen molar-refractivity contribution in [2.24, 2.45) is 0 Å². The predicted octanol–water partition coefficient (Wildman–Crippen LogP) is 6.42. The van der Waals surface area contributed by atoms with E-state index in [-0.39, 0.29) is 5.91 Å². The highest BCUT2D eigenvalue weighted by molar-refractivity contribution is 6.34. The fourth-order valence-corrected chi connectivity index (χ4v) is 3.54. The zero-order valence-corrected chi connectivity index (χ0v) is 16.4. The Labute approximate surface area is 169 Å². The molecule has 4 heteroatoms. The summed E-state index contributed by atoms with van der Waals surface area (Å²) in [5, 5.41) is 4.23. The Balaban J connectivity index is 1.85. The second-order valence-corrected chi connectivity index (χ2v) is 7.23. The number of aryl methyl sites for hydroxylation is 2. The minimum absolute atomic E-state index is 0.210. The van der Waals surface area contributed by atoms with Crippen LogP contribution in [-0.2, 0) is 0 Å². The number of carbonyl (C=O) groups is 1. The maximum atomic E-state index is 13.1. The first kappa shape index (κ1) is 18.2. The highest BCUT2D eigenvalue weighted by Crippen LogP contribution is 2.29. The molecule has 4 rings (SSSR count). The van der Waals surface area contributed by atoms with Gasteiger partial charge < -0.3 is 5.32 Å². The maximum Gasteiger partial charge on any atom is 0.256 e. The van der Waals surface area contributed by atoms with Gasteiger partial charge in [-0.2, -0.15) is 0 Å². The topological polar surface area (TPSA) is 42.0 Å². The first-order valence-electron chi connectivity index (χ1n) is 9.06. The number of amides is 1. The smallest absolute Gasteiger partial charge is 0.256 e. The van der Waals surface area contributed by atoms with Crippen molar-refractivity contribution in [3.63, 3.8) is 0 Å². The molecule has 3 nitrogen and oxygen atoms in total. The van der Waals surface area contributed by atoms with Crippen molar-refractivity contribution in [3.05, 3.63) is 94.5 Å². The first-order valence-corrected chi connectivity index (χ1v) is 9.44. The van der Waals surface area contributed by atoms with E-state index in [4.69, 9.17) is 16.6 Å². The Kier molecular flexibility index (Phi) is 4.84. The maximum absolute atomic E-state index is 13.1. The summed E-state index contributed by atoms with van der Waals surface area (Å²) in [6, 6.07) is 23.0. The molecule has 138 valence electrons. The molecule has 0 aliphatic rings. The molecule has 0 spiro atoms. The molecule has 1 N–H and O–H groups in total. The molecule has 0 saturated heterocycles. The Morgan fingerprint density at radius 3 is 2.46 bits per heavy atom. The van der Waals surface area contributed by atoms with E-state index in [1.165, 1.54) is 5.56 Å². The van der Waals surface area contributed by atoms with Gasteiger partial charge in [0.05, 0.1) is 27.5 Å². The van der Waals surface area contributed by atoms with Gasteiger partial charge in [-0.3, -0.25) is 4.79 Å². The van der Waals surface area contributed by atoms with Crippen LogP contribution in [0.25, 0.3) is 22.2 Å². The van der Waals surface area contributed by atoms with Crippen LogP contribution < -0.4 is 5.32 Å². The van der Waals surface area contributed by atoms with E-state index in [0.29, 0.717) is 16.3 Å². The van der Waals surface area contributed by atoms with Gasteiger partial charge in [-0.05, 0) is 43.7 Å². The fraction of sp³-hybridized carbons (Fsp3) is 0.0833. The highest BCUT2D eigenvalue weighted by Gasteiger charge is 2.16. The summed E-state index contributed by atoms with van der Waals surface area (Å²) in [7, 11) is 0. The van der Waals surface area contributed by atoms with Crippen molar-refractivity contribution in [2.45, 2.75) is 13.8 Å². The number of nitrogens with zero attached hydrogens (tertiary/aromatic N) is 1. The molecule has 0 radical (unpaired) electrons. The number of pyridine rings is 1. The van der Waals surface area contributed by atoms with Gasteiger partial charge in [0, 0.05) is 10.9 Å². The molecule has 0 unspecified atom stereocenters. The van der Waals surface area contributed by atoms with E-state index in [1.807, 2.05) is 42.5 Å². The molecular weight excluding hydrogens is 368 g/mol. The average Bonchev–Trinajstić information content (AvgIpc) is 2.69. The zero-order chi connectivity index (χ0) is 19.7. The summed E-state index contributed by atoms with van der Waals surface area (Å²) in [6.45, 7) is 4.12. The summed E-state index contributed by atoms with van der Waals surface area (Å²) in [5.41, 5.74) is 6.05. The minimum atomic E-state index is -0.210. The Morgan fingerprint density at radius 2 is 1.68 bits per heavy atom. The third-order valence-electron chi connectivity index (χ3n) is 4.74. The van der Waals surface area contributed by atoms with Gasteiger partial charge in [-0.15, -0.1) is 0 Å². The molecule has 28 heavy (non-hydrogen) atoms. The Hall–Kier alpha value is -3.17. The SMILES string of the molecule is Cc1ccc(-c2cc(C(=O)Nc3ccccc3Cl)c3ccccc3n2)c(C)c1. The van der Waals surface area contributed by atoms with Crippen LogP contribution in [-0.4, -0.2) is 10.9 Å². The van der Waals surface area contributed by atoms with Crippen molar-refractivity contribution in [3.8, 4) is 11.3 Å². The fourth-order valence-electron chi connectivity index (χ4n) is 3.35. The summed E-state index contributed by atoms with van der Waals surface area (Å²) in [6.07, 6.45) is 0. The number of hydrogen-bond acceptors (Lipinski definition) is 2. The van der Waals surface area contributed by atoms with Crippen LogP contribution in [0.3, 0.4) is 0 Å². The summed E-state index contributed by atoms with van der Waals surface area (Å²) >= 11 is 6.21. The number of rotatable bonds is 3. The van der Waals surface area contributed by atoms with Crippen LogP contribution >= 0.6 is 11.6 Å². The third-order valence-corrected chi connectivity index (χ3v) is 5.07. The van der Waals surface area contributed by atoms with Crippen LogP contribution in [0.15, 0.2) is 72.8 Å². The number of para-hydroxylation sites is 2. The number of hydrogen-bond donors (Lipinski definition) is 1. The van der Waals surface area contributed by atoms with E-state index >= 15 is 0 Å². The standard InChI is InChI=1S/C24H19ClN2O/c1-15-11-12-17(16(2)13-15)23-14-19(18-7-3-5-9-21(18)26-23)24(28)27-22-10-6-4-8-20(22)25/h3-14H,1-2H3,(H,27,28). The minimum Gasteiger partial charge on any atom is -0.321 e. The molecule has 0 aliphatic carbocycles. The van der Waals surface area contributed by atoms with Crippen LogP contribution in [0, 0.1) is 13.8 Å². The van der Waals surface area contributed by atoms with Gasteiger partial charge in [-0.25, -0.2) is 4.98 Å². The van der Waals surface area contributed by atoms with Crippen LogP contribution in [0.2, 0.25) is 5.02 Å². The summed E-state index contributed by atoms with van der Waals surface area (Å²) in [4.78, 5) is 17.9. The molecule has 1 heterocycles. The van der Waals surface area contributed by atoms with E-state index in [9.17, 15) is 4.79 Å². The zero-order valence-electron chi connectivity index (χ0n) is 15.7. The van der Waals surface area contributed by atoms with E-state index < -0.39 is 0 Å². The average molecular weight is 387 g/mol. The number of anilines is 1. The van der Waals surface area contributed by atoms with Crippen molar-refractivity contribution in [1.29, 1.82) is 0 Å². The molecule has 1 amide bonds. The van der Waals surface area contributed by atoms with Crippen LogP contribution in [0.1, 0.15) is 21.5 Å². The second-order valence-electron chi connectivity index (χ2n) is 6.82. The monoisotopic (exact) mass is 386 g/mol. The molecule has 4 aromatic rings. The van der Waals surface area contributed by atoms with Gasteiger partial charge in [-0.1, -0.05) is 65.7 Å². The lowest BCUT2D eigenvalue weighted by molar-refractivity contribution is 0.102. The van der Waals surface area contributed by atoms with Crippen LogP contribution in [0.5, 0.6) is 0 Å². The third kappa shape index (κ3) is 3.49. The second kappa shape index (κ2) is 7.45. The van der Waals surface area contributed by atoms with Crippen molar-refractivity contribution < 1.29 is 4.79 Å². The quantitative estimate of drug-likeness (QED) is 0.441. The molecular formula is C24H19ClN2O. The number of benzene rings is 3. The summed E-state index contributed by atoms with van der Waals surface area (Å²) < 4.78 is 0. The predicted molar refractivity (Wildman–Crippen MR) is 116 cm³/mol. The lowest BCUT2D eigenvalue weighted by Crippen LogP contribution is -2.13. The highest BCUT2D eigenvalue weighted by atomic mass is 35.5. The normalized spacial score (nSPS) is 10.8. The first-order chi connectivity index (χ1) is 13.5. The largest absolute Gasteiger partial charge is 0.321 e.